The van der Waals surface area contributed by atoms with Crippen molar-refractivity contribution in [2.45, 2.75) is 50.6 Å². The second-order valence-electron chi connectivity index (χ2n) is 5.96. The molecule has 2 fully saturated rings. The highest BCUT2D eigenvalue weighted by atomic mass is 32.2. The van der Waals surface area contributed by atoms with Crippen molar-refractivity contribution in [3.63, 3.8) is 0 Å². The van der Waals surface area contributed by atoms with Crippen LogP contribution in [0.1, 0.15) is 30.7 Å². The summed E-state index contributed by atoms with van der Waals surface area (Å²) >= 11 is 0. The molecule has 2 aliphatic rings. The van der Waals surface area contributed by atoms with Gasteiger partial charge in [0.2, 0.25) is 10.0 Å². The molecule has 8 heteroatoms. The van der Waals surface area contributed by atoms with E-state index in [1.807, 2.05) is 0 Å². The first-order valence-corrected chi connectivity index (χ1v) is 8.52. The number of carboxylic acid groups (broad SMARTS) is 1. The molecule has 3 rings (SSSR count). The van der Waals surface area contributed by atoms with Crippen LogP contribution in [0.15, 0.2) is 4.90 Å². The number of aliphatic carboxylic acids is 1. The van der Waals surface area contributed by atoms with Crippen molar-refractivity contribution in [3.05, 3.63) is 11.4 Å². The SMILES string of the molecule is Cc1nn(CC(=O)O)c(C)c1S(=O)(=O)N1CC2CCC1C2. The highest BCUT2D eigenvalue weighted by molar-refractivity contribution is 7.89. The van der Waals surface area contributed by atoms with Crippen LogP contribution in [0.2, 0.25) is 0 Å². The third-order valence-corrected chi connectivity index (χ3v) is 6.70. The van der Waals surface area contributed by atoms with Crippen LogP contribution >= 0.6 is 0 Å². The summed E-state index contributed by atoms with van der Waals surface area (Å²) < 4.78 is 28.6. The van der Waals surface area contributed by atoms with Gasteiger partial charge in [0.25, 0.3) is 0 Å². The fraction of sp³-hybridized carbons (Fsp3) is 0.692. The van der Waals surface area contributed by atoms with Crippen molar-refractivity contribution in [1.82, 2.24) is 14.1 Å². The van der Waals surface area contributed by atoms with Crippen molar-refractivity contribution in [1.29, 1.82) is 0 Å². The molecule has 0 aromatic carbocycles. The van der Waals surface area contributed by atoms with Crippen molar-refractivity contribution in [2.75, 3.05) is 6.54 Å². The van der Waals surface area contributed by atoms with E-state index < -0.39 is 16.0 Å². The molecule has 1 saturated carbocycles. The van der Waals surface area contributed by atoms with Gasteiger partial charge in [-0.05, 0) is 39.0 Å². The molecule has 1 N–H and O–H groups in total. The number of aromatic nitrogens is 2. The minimum absolute atomic E-state index is 0.0987. The number of carbonyl (C=O) groups is 1. The van der Waals surface area contributed by atoms with E-state index in [0.717, 1.165) is 19.3 Å². The predicted molar refractivity (Wildman–Crippen MR) is 74.4 cm³/mol. The van der Waals surface area contributed by atoms with Crippen molar-refractivity contribution in [3.8, 4) is 0 Å². The topological polar surface area (TPSA) is 92.5 Å². The molecule has 2 atom stereocenters. The Morgan fingerprint density at radius 3 is 2.62 bits per heavy atom. The second kappa shape index (κ2) is 4.81. The average Bonchev–Trinajstić information content (AvgIpc) is 3.04. The van der Waals surface area contributed by atoms with Crippen LogP contribution in [0, 0.1) is 19.8 Å². The largest absolute Gasteiger partial charge is 0.480 e. The standard InChI is InChI=1S/C13H19N3O4S/c1-8-13(9(2)15(14-8)7-12(17)18)21(19,20)16-6-10-3-4-11(16)5-10/h10-11H,3-7H2,1-2H3,(H,17,18). The predicted octanol–water partition coefficient (Wildman–Crippen LogP) is 0.758. The molecule has 21 heavy (non-hydrogen) atoms. The number of nitrogens with zero attached hydrogens (tertiary/aromatic N) is 3. The first-order valence-electron chi connectivity index (χ1n) is 7.08. The maximum absolute atomic E-state index is 12.9. The van der Waals surface area contributed by atoms with E-state index in [0.29, 0.717) is 23.9 Å². The molecule has 2 bridgehead atoms. The third-order valence-electron chi connectivity index (χ3n) is 4.53. The lowest BCUT2D eigenvalue weighted by Gasteiger charge is -2.26. The Morgan fingerprint density at radius 2 is 2.10 bits per heavy atom. The van der Waals surface area contributed by atoms with Crippen LogP contribution in [0.5, 0.6) is 0 Å². The molecule has 2 heterocycles. The maximum Gasteiger partial charge on any atom is 0.325 e. The zero-order chi connectivity index (χ0) is 15.4. The lowest BCUT2D eigenvalue weighted by Crippen LogP contribution is -2.38. The zero-order valence-corrected chi connectivity index (χ0v) is 12.9. The molecule has 0 spiro atoms. The van der Waals surface area contributed by atoms with Gasteiger partial charge in [0.05, 0.1) is 11.4 Å². The molecule has 7 nitrogen and oxygen atoms in total. The Balaban J connectivity index is 1.99. The van der Waals surface area contributed by atoms with Crippen molar-refractivity contribution in [2.24, 2.45) is 5.92 Å². The summed E-state index contributed by atoms with van der Waals surface area (Å²) in [4.78, 5) is 11.0. The van der Waals surface area contributed by atoms with E-state index in [2.05, 4.69) is 5.10 Å². The normalized spacial score (nSPS) is 25.6. The van der Waals surface area contributed by atoms with Crippen molar-refractivity contribution < 1.29 is 18.3 Å². The van der Waals surface area contributed by atoms with Gasteiger partial charge in [0.15, 0.2) is 0 Å². The summed E-state index contributed by atoms with van der Waals surface area (Å²) in [5.74, 6) is -0.566. The lowest BCUT2D eigenvalue weighted by molar-refractivity contribution is -0.137. The van der Waals surface area contributed by atoms with Gasteiger partial charge in [0.1, 0.15) is 11.4 Å². The van der Waals surface area contributed by atoms with Crippen LogP contribution in [0.25, 0.3) is 0 Å². The Hall–Kier alpha value is -1.41. The highest BCUT2D eigenvalue weighted by Crippen LogP contribution is 2.41. The summed E-state index contributed by atoms with van der Waals surface area (Å²) in [5, 5.41) is 13.0. The first kappa shape index (κ1) is 14.5. The molecule has 1 aliphatic heterocycles. The molecular weight excluding hydrogens is 294 g/mol. The van der Waals surface area contributed by atoms with Gasteiger partial charge in [-0.2, -0.15) is 9.40 Å². The lowest BCUT2D eigenvalue weighted by atomic mass is 10.1. The van der Waals surface area contributed by atoms with Crippen molar-refractivity contribution >= 4 is 16.0 Å². The van der Waals surface area contributed by atoms with Crippen LogP contribution in [0.3, 0.4) is 0 Å². The molecule has 1 aliphatic carbocycles. The summed E-state index contributed by atoms with van der Waals surface area (Å²) in [6.07, 6.45) is 2.97. The van der Waals surface area contributed by atoms with Gasteiger partial charge in [-0.15, -0.1) is 0 Å². The average molecular weight is 313 g/mol. The van der Waals surface area contributed by atoms with E-state index in [-0.39, 0.29) is 17.5 Å². The maximum atomic E-state index is 12.9. The smallest absolute Gasteiger partial charge is 0.325 e. The highest BCUT2D eigenvalue weighted by Gasteiger charge is 2.45. The summed E-state index contributed by atoms with van der Waals surface area (Å²) in [6.45, 7) is 3.49. The van der Waals surface area contributed by atoms with Gasteiger partial charge in [-0.25, -0.2) is 8.42 Å². The molecule has 1 saturated heterocycles. The molecule has 2 unspecified atom stereocenters. The van der Waals surface area contributed by atoms with Gasteiger partial charge in [0, 0.05) is 12.6 Å². The minimum Gasteiger partial charge on any atom is -0.480 e. The van der Waals surface area contributed by atoms with Crippen LogP contribution in [-0.4, -0.2) is 46.2 Å². The number of hydrogen-bond donors (Lipinski definition) is 1. The molecule has 0 amide bonds. The number of sulfonamides is 1. The van der Waals surface area contributed by atoms with E-state index in [1.165, 1.54) is 4.68 Å². The summed E-state index contributed by atoms with van der Waals surface area (Å²) in [6, 6.07) is 0.0987. The Morgan fingerprint density at radius 1 is 1.38 bits per heavy atom. The molecule has 0 radical (unpaired) electrons. The number of carboxylic acids is 1. The molecule has 1 aromatic rings. The van der Waals surface area contributed by atoms with Crippen LogP contribution in [0.4, 0.5) is 0 Å². The summed E-state index contributed by atoms with van der Waals surface area (Å²) in [7, 11) is -3.59. The van der Waals surface area contributed by atoms with E-state index in [4.69, 9.17) is 5.11 Å². The fourth-order valence-electron chi connectivity index (χ4n) is 3.63. The van der Waals surface area contributed by atoms with Crippen LogP contribution in [-0.2, 0) is 21.4 Å². The monoisotopic (exact) mass is 313 g/mol. The Bertz CT molecular complexity index is 695. The molecular formula is C13H19N3O4S. The first-order chi connectivity index (χ1) is 9.80. The number of hydrogen-bond acceptors (Lipinski definition) is 4. The van der Waals surface area contributed by atoms with E-state index >= 15 is 0 Å². The summed E-state index contributed by atoms with van der Waals surface area (Å²) in [5.41, 5.74) is 0.772. The van der Waals surface area contributed by atoms with Gasteiger partial charge >= 0.3 is 5.97 Å². The molecule has 116 valence electrons. The number of piperidine rings is 1. The number of aryl methyl sites for hydroxylation is 1. The Labute approximate surface area is 123 Å². The second-order valence-corrected chi connectivity index (χ2v) is 7.79. The third kappa shape index (κ3) is 2.26. The van der Waals surface area contributed by atoms with E-state index in [9.17, 15) is 13.2 Å². The van der Waals surface area contributed by atoms with Crippen LogP contribution < -0.4 is 0 Å². The van der Waals surface area contributed by atoms with Gasteiger partial charge in [-0.3, -0.25) is 9.48 Å². The Kier molecular flexibility index (Phi) is 3.32. The number of fused-ring (bicyclic) bond motifs is 2. The minimum atomic E-state index is -3.59. The zero-order valence-electron chi connectivity index (χ0n) is 12.1. The quantitative estimate of drug-likeness (QED) is 0.886. The fourth-order valence-corrected chi connectivity index (χ4v) is 5.75. The van der Waals surface area contributed by atoms with Gasteiger partial charge in [-0.1, -0.05) is 0 Å². The van der Waals surface area contributed by atoms with E-state index in [1.54, 1.807) is 18.2 Å². The number of rotatable bonds is 4. The molecule has 1 aromatic heterocycles. The van der Waals surface area contributed by atoms with Gasteiger partial charge < -0.3 is 5.11 Å².